The summed E-state index contributed by atoms with van der Waals surface area (Å²) in [5, 5.41) is 2.62. The highest BCUT2D eigenvalue weighted by atomic mass is 16.5. The number of carbonyl (C=O) groups excluding carboxylic acids is 3. The topological polar surface area (TPSA) is 108 Å². The summed E-state index contributed by atoms with van der Waals surface area (Å²) >= 11 is 0. The van der Waals surface area contributed by atoms with Crippen LogP contribution >= 0.6 is 0 Å². The van der Waals surface area contributed by atoms with Gasteiger partial charge in [0.2, 0.25) is 5.91 Å². The van der Waals surface area contributed by atoms with E-state index in [9.17, 15) is 14.4 Å². The lowest BCUT2D eigenvalue weighted by Crippen LogP contribution is -2.40. The Kier molecular flexibility index (Phi) is 6.71. The number of esters is 2. The van der Waals surface area contributed by atoms with E-state index in [1.165, 1.54) is 32.4 Å². The minimum Gasteiger partial charge on any atom is -0.465 e. The molecule has 1 amide bonds. The second-order valence-electron chi connectivity index (χ2n) is 5.18. The molecular formula is C16H22N2O5. The number of rotatable bonds is 6. The third-order valence-electron chi connectivity index (χ3n) is 3.60. The van der Waals surface area contributed by atoms with Crippen molar-refractivity contribution in [1.29, 1.82) is 0 Å². The van der Waals surface area contributed by atoms with Crippen molar-refractivity contribution in [3.8, 4) is 0 Å². The first kappa shape index (κ1) is 18.6. The zero-order valence-corrected chi connectivity index (χ0v) is 13.7. The molecule has 0 spiro atoms. The number of hydrogen-bond acceptors (Lipinski definition) is 6. The highest BCUT2D eigenvalue weighted by molar-refractivity contribution is 6.00. The highest BCUT2D eigenvalue weighted by Gasteiger charge is 2.21. The number of hydrogen-bond donors (Lipinski definition) is 2. The first-order valence-electron chi connectivity index (χ1n) is 7.22. The van der Waals surface area contributed by atoms with E-state index >= 15 is 0 Å². The van der Waals surface area contributed by atoms with Gasteiger partial charge in [-0.3, -0.25) is 4.79 Å². The molecule has 7 nitrogen and oxygen atoms in total. The summed E-state index contributed by atoms with van der Waals surface area (Å²) < 4.78 is 9.28. The van der Waals surface area contributed by atoms with Crippen molar-refractivity contribution in [2.45, 2.75) is 26.3 Å². The van der Waals surface area contributed by atoms with Crippen LogP contribution in [-0.2, 0) is 14.3 Å². The van der Waals surface area contributed by atoms with Crippen molar-refractivity contribution >= 4 is 23.5 Å². The summed E-state index contributed by atoms with van der Waals surface area (Å²) in [4.78, 5) is 35.5. The molecule has 0 radical (unpaired) electrons. The van der Waals surface area contributed by atoms with Gasteiger partial charge in [-0.25, -0.2) is 9.59 Å². The number of anilines is 1. The van der Waals surface area contributed by atoms with Crippen molar-refractivity contribution in [3.05, 3.63) is 29.3 Å². The third-order valence-corrected chi connectivity index (χ3v) is 3.60. The Labute approximate surface area is 135 Å². The van der Waals surface area contributed by atoms with Gasteiger partial charge in [-0.2, -0.15) is 0 Å². The monoisotopic (exact) mass is 322 g/mol. The molecule has 0 aliphatic rings. The molecule has 7 heteroatoms. The van der Waals surface area contributed by atoms with Gasteiger partial charge in [0.15, 0.2) is 0 Å². The lowest BCUT2D eigenvalue weighted by atomic mass is 9.99. The van der Waals surface area contributed by atoms with Crippen LogP contribution in [0.25, 0.3) is 0 Å². The summed E-state index contributed by atoms with van der Waals surface area (Å²) in [6.45, 7) is 3.81. The maximum atomic E-state index is 12.1. The van der Waals surface area contributed by atoms with Crippen LogP contribution in [-0.4, -0.2) is 38.1 Å². The largest absolute Gasteiger partial charge is 0.465 e. The van der Waals surface area contributed by atoms with Crippen LogP contribution in [0.15, 0.2) is 18.2 Å². The van der Waals surface area contributed by atoms with Crippen LogP contribution in [0, 0.1) is 5.92 Å². The molecule has 1 aromatic carbocycles. The number of nitrogens with two attached hydrogens (primary N) is 1. The quantitative estimate of drug-likeness (QED) is 0.770. The molecule has 2 atom stereocenters. The van der Waals surface area contributed by atoms with E-state index in [-0.39, 0.29) is 22.7 Å². The van der Waals surface area contributed by atoms with Crippen molar-refractivity contribution < 1.29 is 23.9 Å². The number of benzene rings is 1. The van der Waals surface area contributed by atoms with Crippen LogP contribution in [0.3, 0.4) is 0 Å². The van der Waals surface area contributed by atoms with Gasteiger partial charge in [-0.1, -0.05) is 20.3 Å². The van der Waals surface area contributed by atoms with Gasteiger partial charge in [0, 0.05) is 5.69 Å². The van der Waals surface area contributed by atoms with Gasteiger partial charge in [0.1, 0.15) is 0 Å². The van der Waals surface area contributed by atoms with Gasteiger partial charge in [-0.15, -0.1) is 0 Å². The van der Waals surface area contributed by atoms with Crippen molar-refractivity contribution in [1.82, 2.24) is 0 Å². The summed E-state index contributed by atoms with van der Waals surface area (Å²) in [7, 11) is 2.45. The standard InChI is InChI=1S/C16H22N2O5/c1-5-9(2)13(17)14(19)18-12-7-10(15(20)22-3)6-11(8-12)16(21)23-4/h6-9,13H,5,17H2,1-4H3,(H,18,19). The number of carbonyl (C=O) groups is 3. The Morgan fingerprint density at radius 3 is 1.96 bits per heavy atom. The average molecular weight is 322 g/mol. The molecule has 0 saturated carbocycles. The molecular weight excluding hydrogens is 300 g/mol. The van der Waals surface area contributed by atoms with Crippen molar-refractivity contribution in [3.63, 3.8) is 0 Å². The Morgan fingerprint density at radius 1 is 1.09 bits per heavy atom. The molecule has 0 heterocycles. The lowest BCUT2D eigenvalue weighted by Gasteiger charge is -2.18. The van der Waals surface area contributed by atoms with E-state index in [4.69, 9.17) is 5.73 Å². The molecule has 3 N–H and O–H groups in total. The zero-order chi connectivity index (χ0) is 17.6. The number of methoxy groups -OCH3 is 2. The number of nitrogens with one attached hydrogen (secondary N) is 1. The Bertz CT molecular complexity index is 566. The van der Waals surface area contributed by atoms with E-state index in [2.05, 4.69) is 14.8 Å². The van der Waals surface area contributed by atoms with Gasteiger partial charge in [-0.05, 0) is 24.1 Å². The predicted octanol–water partition coefficient (Wildman–Crippen LogP) is 1.57. The smallest absolute Gasteiger partial charge is 0.337 e. The second-order valence-corrected chi connectivity index (χ2v) is 5.18. The van der Waals surface area contributed by atoms with E-state index in [0.29, 0.717) is 0 Å². The maximum absolute atomic E-state index is 12.1. The molecule has 2 unspecified atom stereocenters. The highest BCUT2D eigenvalue weighted by Crippen LogP contribution is 2.18. The van der Waals surface area contributed by atoms with Crippen LogP contribution in [0.1, 0.15) is 41.0 Å². The Hall–Kier alpha value is -2.41. The van der Waals surface area contributed by atoms with Gasteiger partial charge >= 0.3 is 11.9 Å². The first-order valence-corrected chi connectivity index (χ1v) is 7.22. The zero-order valence-electron chi connectivity index (χ0n) is 13.7. The third kappa shape index (κ3) is 4.79. The second kappa shape index (κ2) is 8.28. The Balaban J connectivity index is 3.12. The molecule has 1 aromatic rings. The lowest BCUT2D eigenvalue weighted by molar-refractivity contribution is -0.118. The fraction of sp³-hybridized carbons (Fsp3) is 0.438. The van der Waals surface area contributed by atoms with E-state index in [1.807, 2.05) is 13.8 Å². The minimum absolute atomic E-state index is 0.00105. The van der Waals surface area contributed by atoms with Crippen molar-refractivity contribution in [2.24, 2.45) is 11.7 Å². The summed E-state index contributed by atoms with van der Waals surface area (Å²) in [5.74, 6) is -1.65. The predicted molar refractivity (Wildman–Crippen MR) is 85.2 cm³/mol. The summed E-state index contributed by atoms with van der Waals surface area (Å²) in [5.41, 5.74) is 6.40. The van der Waals surface area contributed by atoms with E-state index < -0.39 is 23.9 Å². The molecule has 0 saturated heterocycles. The van der Waals surface area contributed by atoms with Gasteiger partial charge in [0.25, 0.3) is 0 Å². The molecule has 0 aliphatic heterocycles. The molecule has 0 aromatic heterocycles. The molecule has 23 heavy (non-hydrogen) atoms. The fourth-order valence-electron chi connectivity index (χ4n) is 1.91. The van der Waals surface area contributed by atoms with Gasteiger partial charge in [0.05, 0.1) is 31.4 Å². The van der Waals surface area contributed by atoms with Crippen LogP contribution < -0.4 is 11.1 Å². The maximum Gasteiger partial charge on any atom is 0.337 e. The van der Waals surface area contributed by atoms with Crippen LogP contribution in [0.2, 0.25) is 0 Å². The molecule has 0 aliphatic carbocycles. The van der Waals surface area contributed by atoms with Crippen LogP contribution in [0.5, 0.6) is 0 Å². The minimum atomic E-state index is -0.691. The first-order chi connectivity index (χ1) is 10.8. The van der Waals surface area contributed by atoms with Crippen LogP contribution in [0.4, 0.5) is 5.69 Å². The molecule has 126 valence electrons. The molecule has 0 bridgehead atoms. The average Bonchev–Trinajstić information content (AvgIpc) is 2.58. The Morgan fingerprint density at radius 2 is 1.57 bits per heavy atom. The van der Waals surface area contributed by atoms with E-state index in [0.717, 1.165) is 6.42 Å². The van der Waals surface area contributed by atoms with Crippen molar-refractivity contribution in [2.75, 3.05) is 19.5 Å². The van der Waals surface area contributed by atoms with E-state index in [1.54, 1.807) is 0 Å². The normalized spacial score (nSPS) is 12.9. The number of amides is 1. The SMILES string of the molecule is CCC(C)C(N)C(=O)Nc1cc(C(=O)OC)cc(C(=O)OC)c1. The summed E-state index contributed by atoms with van der Waals surface area (Å²) in [6, 6.07) is 3.48. The summed E-state index contributed by atoms with van der Waals surface area (Å²) in [6.07, 6.45) is 0.754. The fourth-order valence-corrected chi connectivity index (χ4v) is 1.91. The van der Waals surface area contributed by atoms with Gasteiger partial charge < -0.3 is 20.5 Å². The molecule has 1 rings (SSSR count). The number of ether oxygens (including phenoxy) is 2. The molecule has 0 fully saturated rings.